The maximum Gasteiger partial charge on any atom is 0.407 e. The molecule has 164 valence electrons. The van der Waals surface area contributed by atoms with Crippen LogP contribution in [-0.4, -0.2) is 41.0 Å². The second kappa shape index (κ2) is 9.96. The molecular weight excluding hydrogens is 389 g/mol. The fourth-order valence-corrected chi connectivity index (χ4v) is 2.67. The van der Waals surface area contributed by atoms with Crippen LogP contribution in [0.1, 0.15) is 52.6 Å². The highest BCUT2D eigenvalue weighted by Crippen LogP contribution is 2.25. The van der Waals surface area contributed by atoms with Gasteiger partial charge in [0.05, 0.1) is 18.5 Å². The first-order valence-electron chi connectivity index (χ1n) is 9.29. The molecule has 0 aliphatic rings. The van der Waals surface area contributed by atoms with Crippen LogP contribution < -0.4 is 10.6 Å². The van der Waals surface area contributed by atoms with Gasteiger partial charge in [0.15, 0.2) is 6.10 Å². The average molecular weight is 418 g/mol. The van der Waals surface area contributed by atoms with Gasteiger partial charge in [-0.1, -0.05) is 44.2 Å². The van der Waals surface area contributed by atoms with Gasteiger partial charge in [0.25, 0.3) is 5.91 Å². The van der Waals surface area contributed by atoms with E-state index >= 15 is 0 Å². The normalized spacial score (nSPS) is 15.4. The Morgan fingerprint density at radius 2 is 1.62 bits per heavy atom. The zero-order chi connectivity index (χ0) is 22.4. The monoisotopic (exact) mass is 418 g/mol. The van der Waals surface area contributed by atoms with Crippen LogP contribution in [-0.2, 0) is 9.53 Å². The van der Waals surface area contributed by atoms with E-state index in [1.54, 1.807) is 51.1 Å². The highest BCUT2D eigenvalue weighted by molar-refractivity contribution is 5.82. The molecule has 0 saturated heterocycles. The molecule has 1 aromatic carbocycles. The number of ether oxygens (including phenoxy) is 1. The van der Waals surface area contributed by atoms with Crippen molar-refractivity contribution in [3.8, 4) is 0 Å². The summed E-state index contributed by atoms with van der Waals surface area (Å²) in [5.74, 6) is -1.11. The first-order valence-corrected chi connectivity index (χ1v) is 9.29. The van der Waals surface area contributed by atoms with Gasteiger partial charge in [0.2, 0.25) is 0 Å². The lowest BCUT2D eigenvalue weighted by Crippen LogP contribution is -2.53. The molecule has 0 radical (unpaired) electrons. The predicted octanol–water partition coefficient (Wildman–Crippen LogP) is 3.71. The molecule has 0 saturated carbocycles. The zero-order valence-electron chi connectivity index (χ0n) is 17.2. The van der Waals surface area contributed by atoms with E-state index in [4.69, 9.17) is 4.74 Å². The lowest BCUT2D eigenvalue weighted by atomic mass is 9.95. The van der Waals surface area contributed by atoms with Gasteiger partial charge in [0.1, 0.15) is 5.60 Å². The second-order valence-corrected chi connectivity index (χ2v) is 8.16. The van der Waals surface area contributed by atoms with Gasteiger partial charge in [-0.05, 0) is 32.3 Å². The van der Waals surface area contributed by atoms with Crippen molar-refractivity contribution in [1.29, 1.82) is 0 Å². The Morgan fingerprint density at radius 1 is 1.07 bits per heavy atom. The van der Waals surface area contributed by atoms with Crippen LogP contribution in [0.25, 0.3) is 0 Å². The number of aliphatic hydroxyl groups excluding tert-OH is 1. The Balaban J connectivity index is 2.96. The van der Waals surface area contributed by atoms with Crippen molar-refractivity contribution in [1.82, 2.24) is 10.6 Å². The summed E-state index contributed by atoms with van der Waals surface area (Å²) < 4.78 is 43.8. The minimum absolute atomic E-state index is 0.0894. The van der Waals surface area contributed by atoms with E-state index in [1.165, 1.54) is 0 Å². The first-order chi connectivity index (χ1) is 13.2. The van der Waals surface area contributed by atoms with Crippen LogP contribution in [0.4, 0.5) is 18.0 Å². The van der Waals surface area contributed by atoms with E-state index in [1.807, 2.05) is 19.2 Å². The molecule has 1 aromatic rings. The SMILES string of the molecule is CC(C)[C@H](NC(=O)C(O)C(CC(F)(F)F)NC(=O)OC(C)(C)C)c1ccccc1. The standard InChI is InChI=1S/C20H29F3N2O4/c1-12(2)15(13-9-7-6-8-10-13)25-17(27)16(26)14(11-20(21,22)23)24-18(28)29-19(3,4)5/h6-10,12,14-16,26H,11H2,1-5H3,(H,24,28)(H,25,27)/t14?,15-,16?/m0/s1. The lowest BCUT2D eigenvalue weighted by Gasteiger charge is -2.29. The Morgan fingerprint density at radius 3 is 2.07 bits per heavy atom. The molecule has 9 heteroatoms. The number of alkyl carbamates (subject to hydrolysis) is 1. The Kier molecular flexibility index (Phi) is 8.50. The lowest BCUT2D eigenvalue weighted by molar-refractivity contribution is -0.151. The molecule has 0 heterocycles. The Hall–Kier alpha value is -2.29. The van der Waals surface area contributed by atoms with E-state index in [-0.39, 0.29) is 5.92 Å². The van der Waals surface area contributed by atoms with E-state index in [0.29, 0.717) is 0 Å². The van der Waals surface area contributed by atoms with Crippen molar-refractivity contribution in [3.63, 3.8) is 0 Å². The van der Waals surface area contributed by atoms with Gasteiger partial charge in [-0.25, -0.2) is 4.79 Å². The van der Waals surface area contributed by atoms with E-state index < -0.39 is 48.4 Å². The fraction of sp³-hybridized carbons (Fsp3) is 0.600. The van der Waals surface area contributed by atoms with E-state index in [0.717, 1.165) is 5.56 Å². The summed E-state index contributed by atoms with van der Waals surface area (Å²) in [6.45, 7) is 8.29. The number of rotatable bonds is 7. The van der Waals surface area contributed by atoms with Gasteiger partial charge in [0, 0.05) is 0 Å². The number of aliphatic hydroxyl groups is 1. The molecule has 0 aliphatic carbocycles. The molecule has 0 fully saturated rings. The zero-order valence-corrected chi connectivity index (χ0v) is 17.2. The molecule has 0 bridgehead atoms. The van der Waals surface area contributed by atoms with Crippen molar-refractivity contribution in [2.45, 2.75) is 71.0 Å². The summed E-state index contributed by atoms with van der Waals surface area (Å²) >= 11 is 0. The number of benzene rings is 1. The number of carbonyl (C=O) groups is 2. The third-order valence-corrected chi connectivity index (χ3v) is 3.93. The topological polar surface area (TPSA) is 87.7 Å². The maximum atomic E-state index is 12.9. The van der Waals surface area contributed by atoms with E-state index in [9.17, 15) is 27.9 Å². The molecule has 29 heavy (non-hydrogen) atoms. The van der Waals surface area contributed by atoms with Crippen LogP contribution in [0.5, 0.6) is 0 Å². The fourth-order valence-electron chi connectivity index (χ4n) is 2.67. The molecule has 1 rings (SSSR count). The smallest absolute Gasteiger partial charge is 0.407 e. The highest BCUT2D eigenvalue weighted by atomic mass is 19.4. The highest BCUT2D eigenvalue weighted by Gasteiger charge is 2.40. The number of amides is 2. The third-order valence-electron chi connectivity index (χ3n) is 3.93. The number of carbonyl (C=O) groups excluding carboxylic acids is 2. The van der Waals surface area contributed by atoms with Gasteiger partial charge in [-0.15, -0.1) is 0 Å². The van der Waals surface area contributed by atoms with Crippen molar-refractivity contribution < 1.29 is 32.6 Å². The number of hydrogen-bond donors (Lipinski definition) is 3. The summed E-state index contributed by atoms with van der Waals surface area (Å²) in [7, 11) is 0. The first kappa shape index (κ1) is 24.7. The molecule has 3 N–H and O–H groups in total. The second-order valence-electron chi connectivity index (χ2n) is 8.16. The van der Waals surface area contributed by atoms with E-state index in [2.05, 4.69) is 5.32 Å². The average Bonchev–Trinajstić information content (AvgIpc) is 2.55. The molecular formula is C20H29F3N2O4. The summed E-state index contributed by atoms with van der Waals surface area (Å²) in [6.07, 6.45) is -9.56. The quantitative estimate of drug-likeness (QED) is 0.630. The minimum atomic E-state index is -4.71. The number of nitrogens with one attached hydrogen (secondary N) is 2. The summed E-state index contributed by atoms with van der Waals surface area (Å²) in [4.78, 5) is 24.4. The molecule has 0 aliphatic heterocycles. The van der Waals surface area contributed by atoms with Crippen LogP contribution >= 0.6 is 0 Å². The van der Waals surface area contributed by atoms with Gasteiger partial charge >= 0.3 is 12.3 Å². The molecule has 0 aromatic heterocycles. The van der Waals surface area contributed by atoms with Crippen molar-refractivity contribution in [2.75, 3.05) is 0 Å². The number of halogens is 3. The minimum Gasteiger partial charge on any atom is -0.444 e. The Bertz CT molecular complexity index is 673. The maximum absolute atomic E-state index is 12.9. The predicted molar refractivity (Wildman–Crippen MR) is 102 cm³/mol. The summed E-state index contributed by atoms with van der Waals surface area (Å²) in [6, 6.07) is 6.45. The van der Waals surface area contributed by atoms with Crippen LogP contribution in [0.15, 0.2) is 30.3 Å². The van der Waals surface area contributed by atoms with Gasteiger partial charge in [-0.2, -0.15) is 13.2 Å². The molecule has 2 amide bonds. The largest absolute Gasteiger partial charge is 0.444 e. The van der Waals surface area contributed by atoms with Crippen LogP contribution in [0.2, 0.25) is 0 Å². The number of alkyl halides is 3. The summed E-state index contributed by atoms with van der Waals surface area (Å²) in [5.41, 5.74) is -0.202. The van der Waals surface area contributed by atoms with Gasteiger partial charge < -0.3 is 20.5 Å². The van der Waals surface area contributed by atoms with Crippen LogP contribution in [0.3, 0.4) is 0 Å². The molecule has 3 atom stereocenters. The number of hydrogen-bond acceptors (Lipinski definition) is 4. The Labute approximate surface area is 168 Å². The van der Waals surface area contributed by atoms with Crippen molar-refractivity contribution in [3.05, 3.63) is 35.9 Å². The molecule has 0 spiro atoms. The van der Waals surface area contributed by atoms with Crippen molar-refractivity contribution in [2.24, 2.45) is 5.92 Å². The molecule has 6 nitrogen and oxygen atoms in total. The summed E-state index contributed by atoms with van der Waals surface area (Å²) in [5, 5.41) is 14.8. The van der Waals surface area contributed by atoms with Crippen LogP contribution in [0, 0.1) is 5.92 Å². The third kappa shape index (κ3) is 9.17. The van der Waals surface area contributed by atoms with Gasteiger partial charge in [-0.3, -0.25) is 4.79 Å². The van der Waals surface area contributed by atoms with Crippen molar-refractivity contribution >= 4 is 12.0 Å². The molecule has 2 unspecified atom stereocenters.